The van der Waals surface area contributed by atoms with E-state index < -0.39 is 0 Å². The molecule has 4 N–H and O–H groups in total. The highest BCUT2D eigenvalue weighted by atomic mass is 16.2. The summed E-state index contributed by atoms with van der Waals surface area (Å²) in [4.78, 5) is 22.2. The van der Waals surface area contributed by atoms with Crippen molar-refractivity contribution >= 4 is 17.5 Å². The molecule has 7 nitrogen and oxygen atoms in total. The molecule has 7 heteroatoms. The van der Waals surface area contributed by atoms with E-state index in [9.17, 15) is 4.79 Å². The fourth-order valence-electron chi connectivity index (χ4n) is 2.05. The topological polar surface area (TPSA) is 96.2 Å². The van der Waals surface area contributed by atoms with Crippen molar-refractivity contribution < 1.29 is 4.79 Å². The van der Waals surface area contributed by atoms with Crippen LogP contribution in [-0.2, 0) is 4.79 Å². The average molecular weight is 250 g/mol. The van der Waals surface area contributed by atoms with Crippen molar-refractivity contribution in [2.75, 3.05) is 30.0 Å². The molecule has 0 aliphatic carbocycles. The maximum Gasteiger partial charge on any atom is 0.239 e. The van der Waals surface area contributed by atoms with Gasteiger partial charge in [0.2, 0.25) is 5.91 Å². The number of anilines is 2. The van der Waals surface area contributed by atoms with Crippen LogP contribution in [0.2, 0.25) is 0 Å². The first-order valence-electron chi connectivity index (χ1n) is 5.95. The highest BCUT2D eigenvalue weighted by Gasteiger charge is 2.19. The molecule has 0 bridgehead atoms. The van der Waals surface area contributed by atoms with Gasteiger partial charge in [0.05, 0.1) is 6.54 Å². The highest BCUT2D eigenvalue weighted by molar-refractivity contribution is 5.82. The summed E-state index contributed by atoms with van der Waals surface area (Å²) in [6, 6.07) is 0. The number of nitrogens with two attached hydrogens (primary N) is 1. The molecule has 98 valence electrons. The normalized spacial score (nSPS) is 16.2. The maximum atomic E-state index is 11.6. The third-order valence-corrected chi connectivity index (χ3v) is 2.93. The summed E-state index contributed by atoms with van der Waals surface area (Å²) in [5, 5.41) is 2.84. The molecule has 1 aromatic heterocycles. The van der Waals surface area contributed by atoms with E-state index in [1.807, 2.05) is 18.7 Å². The van der Waals surface area contributed by atoms with Crippen LogP contribution in [0.3, 0.4) is 0 Å². The fraction of sp³-hybridized carbons (Fsp3) is 0.545. The molecule has 1 amide bonds. The highest BCUT2D eigenvalue weighted by Crippen LogP contribution is 2.23. The van der Waals surface area contributed by atoms with Gasteiger partial charge in [-0.1, -0.05) is 0 Å². The lowest BCUT2D eigenvalue weighted by molar-refractivity contribution is -0.119. The SMILES string of the molecule is Cc1nc(NN)c(C)c(N2CCCNC(=O)C2)n1. The van der Waals surface area contributed by atoms with E-state index in [1.54, 1.807) is 0 Å². The molecule has 0 saturated carbocycles. The molecular weight excluding hydrogens is 232 g/mol. The lowest BCUT2D eigenvalue weighted by Gasteiger charge is -2.23. The van der Waals surface area contributed by atoms with Crippen LogP contribution < -0.4 is 21.5 Å². The Morgan fingerprint density at radius 1 is 1.39 bits per heavy atom. The number of carbonyl (C=O) groups is 1. The molecule has 1 saturated heterocycles. The van der Waals surface area contributed by atoms with Gasteiger partial charge in [0.25, 0.3) is 0 Å². The van der Waals surface area contributed by atoms with Crippen molar-refractivity contribution in [3.8, 4) is 0 Å². The van der Waals surface area contributed by atoms with E-state index in [4.69, 9.17) is 5.84 Å². The predicted octanol–water partition coefficient (Wildman–Crippen LogP) is -0.295. The van der Waals surface area contributed by atoms with Gasteiger partial charge in [-0.2, -0.15) is 0 Å². The zero-order chi connectivity index (χ0) is 13.1. The summed E-state index contributed by atoms with van der Waals surface area (Å²) in [6.07, 6.45) is 0.902. The van der Waals surface area contributed by atoms with E-state index in [1.165, 1.54) is 0 Å². The van der Waals surface area contributed by atoms with Gasteiger partial charge < -0.3 is 15.6 Å². The molecular formula is C11H18N6O. The maximum absolute atomic E-state index is 11.6. The van der Waals surface area contributed by atoms with Crippen LogP contribution in [0.5, 0.6) is 0 Å². The number of amides is 1. The third-order valence-electron chi connectivity index (χ3n) is 2.93. The second-order valence-corrected chi connectivity index (χ2v) is 4.34. The van der Waals surface area contributed by atoms with E-state index in [2.05, 4.69) is 20.7 Å². The lowest BCUT2D eigenvalue weighted by atomic mass is 10.2. The first-order chi connectivity index (χ1) is 8.61. The predicted molar refractivity (Wildman–Crippen MR) is 69.2 cm³/mol. The first kappa shape index (κ1) is 12.6. The summed E-state index contributed by atoms with van der Waals surface area (Å²) in [6.45, 7) is 5.52. The number of aromatic nitrogens is 2. The number of rotatable bonds is 2. The Hall–Kier alpha value is -1.89. The molecule has 2 heterocycles. The van der Waals surface area contributed by atoms with Gasteiger partial charge in [0, 0.05) is 18.7 Å². The van der Waals surface area contributed by atoms with Crippen LogP contribution in [0.1, 0.15) is 17.8 Å². The molecule has 0 aromatic carbocycles. The number of aryl methyl sites for hydroxylation is 1. The third kappa shape index (κ3) is 2.51. The van der Waals surface area contributed by atoms with Crippen LogP contribution in [0.25, 0.3) is 0 Å². The van der Waals surface area contributed by atoms with Crippen LogP contribution >= 0.6 is 0 Å². The number of hydrogen-bond donors (Lipinski definition) is 3. The van der Waals surface area contributed by atoms with Crippen LogP contribution in [-0.4, -0.2) is 35.5 Å². The Morgan fingerprint density at radius 3 is 2.89 bits per heavy atom. The molecule has 0 unspecified atom stereocenters. The minimum absolute atomic E-state index is 0.0189. The minimum atomic E-state index is 0.0189. The molecule has 1 aromatic rings. The van der Waals surface area contributed by atoms with Crippen molar-refractivity contribution in [1.82, 2.24) is 15.3 Å². The Morgan fingerprint density at radius 2 is 2.17 bits per heavy atom. The summed E-state index contributed by atoms with van der Waals surface area (Å²) >= 11 is 0. The zero-order valence-electron chi connectivity index (χ0n) is 10.7. The van der Waals surface area contributed by atoms with Crippen molar-refractivity contribution in [2.24, 2.45) is 5.84 Å². The number of nitrogen functional groups attached to an aromatic ring is 1. The second kappa shape index (κ2) is 5.18. The Bertz CT molecular complexity index is 461. The van der Waals surface area contributed by atoms with Crippen molar-refractivity contribution in [3.63, 3.8) is 0 Å². The first-order valence-corrected chi connectivity index (χ1v) is 5.95. The van der Waals surface area contributed by atoms with Gasteiger partial charge in [0.15, 0.2) is 0 Å². The van der Waals surface area contributed by atoms with E-state index in [-0.39, 0.29) is 5.91 Å². The summed E-state index contributed by atoms with van der Waals surface area (Å²) < 4.78 is 0. The van der Waals surface area contributed by atoms with Gasteiger partial charge in [-0.15, -0.1) is 0 Å². The molecule has 0 spiro atoms. The van der Waals surface area contributed by atoms with Crippen molar-refractivity contribution in [1.29, 1.82) is 0 Å². The standard InChI is InChI=1S/C11H18N6O/c1-7-10(16-12)14-8(2)15-11(7)17-5-3-4-13-9(18)6-17/h3-6,12H2,1-2H3,(H,13,18)(H,14,15,16). The zero-order valence-corrected chi connectivity index (χ0v) is 10.7. The minimum Gasteiger partial charge on any atom is -0.354 e. The smallest absolute Gasteiger partial charge is 0.239 e. The Balaban J connectivity index is 2.36. The number of nitrogens with zero attached hydrogens (tertiary/aromatic N) is 3. The monoisotopic (exact) mass is 250 g/mol. The molecule has 1 aliphatic heterocycles. The van der Waals surface area contributed by atoms with Gasteiger partial charge >= 0.3 is 0 Å². The molecule has 1 fully saturated rings. The largest absolute Gasteiger partial charge is 0.354 e. The van der Waals surface area contributed by atoms with Crippen molar-refractivity contribution in [2.45, 2.75) is 20.3 Å². The summed E-state index contributed by atoms with van der Waals surface area (Å²) in [7, 11) is 0. The Labute approximate surface area is 106 Å². The summed E-state index contributed by atoms with van der Waals surface area (Å²) in [5.74, 6) is 7.46. The average Bonchev–Trinajstić information content (AvgIpc) is 2.56. The van der Waals surface area contributed by atoms with Gasteiger partial charge in [-0.25, -0.2) is 15.8 Å². The van der Waals surface area contributed by atoms with Gasteiger partial charge in [0.1, 0.15) is 17.5 Å². The molecule has 1 aliphatic rings. The molecule has 0 radical (unpaired) electrons. The van der Waals surface area contributed by atoms with E-state index in [0.29, 0.717) is 24.7 Å². The van der Waals surface area contributed by atoms with E-state index >= 15 is 0 Å². The molecule has 2 rings (SSSR count). The second-order valence-electron chi connectivity index (χ2n) is 4.34. The van der Waals surface area contributed by atoms with E-state index in [0.717, 1.165) is 24.3 Å². The summed E-state index contributed by atoms with van der Waals surface area (Å²) in [5.41, 5.74) is 3.42. The number of hydrogen-bond acceptors (Lipinski definition) is 6. The van der Waals surface area contributed by atoms with Crippen molar-refractivity contribution in [3.05, 3.63) is 11.4 Å². The van der Waals surface area contributed by atoms with Gasteiger partial charge in [-0.3, -0.25) is 4.79 Å². The lowest BCUT2D eigenvalue weighted by Crippen LogP contribution is -2.34. The van der Waals surface area contributed by atoms with Crippen LogP contribution in [0.15, 0.2) is 0 Å². The Kier molecular flexibility index (Phi) is 3.61. The number of carbonyl (C=O) groups excluding carboxylic acids is 1. The fourth-order valence-corrected chi connectivity index (χ4v) is 2.05. The number of hydrazine groups is 1. The van der Waals surface area contributed by atoms with Gasteiger partial charge in [-0.05, 0) is 20.3 Å². The molecule has 18 heavy (non-hydrogen) atoms. The van der Waals surface area contributed by atoms with Crippen LogP contribution in [0, 0.1) is 13.8 Å². The number of nitrogens with one attached hydrogen (secondary N) is 2. The molecule has 0 atom stereocenters. The van der Waals surface area contributed by atoms with Crippen LogP contribution in [0.4, 0.5) is 11.6 Å². The quantitative estimate of drug-likeness (QED) is 0.493.